The van der Waals surface area contributed by atoms with E-state index < -0.39 is 17.9 Å². The first-order chi connectivity index (χ1) is 14.8. The van der Waals surface area contributed by atoms with Crippen molar-refractivity contribution in [2.75, 3.05) is 6.61 Å². The minimum Gasteiger partial charge on any atom is -0.403 e. The maximum Gasteiger partial charge on any atom is 0.573 e. The molecule has 2 fully saturated rings. The van der Waals surface area contributed by atoms with E-state index in [1.165, 1.54) is 37.3 Å². The predicted octanol–water partition coefficient (Wildman–Crippen LogP) is 7.48. The second-order valence-electron chi connectivity index (χ2n) is 8.74. The molecule has 2 aliphatic carbocycles. The molecule has 0 amide bonds. The van der Waals surface area contributed by atoms with Crippen molar-refractivity contribution < 1.29 is 27.0 Å². The standard InChI is InChI=1S/C25H28F4O2/c1-2-30-22-11-9-19-13-18(7-8-20(19)14-22)16-3-5-17(6-4-16)21-10-12-24(23(26)15-21)31-25(27,28)29/h3-6,10,12,15,18-20,22H,2,7-9,11,13-14H2,1H3. The number of ether oxygens (including phenoxy) is 2. The lowest BCUT2D eigenvalue weighted by molar-refractivity contribution is -0.275. The van der Waals surface area contributed by atoms with Crippen molar-refractivity contribution in [3.05, 3.63) is 53.8 Å². The molecule has 2 saturated carbocycles. The fourth-order valence-electron chi connectivity index (χ4n) is 5.37. The molecule has 2 aromatic rings. The Labute approximate surface area is 180 Å². The molecule has 0 heterocycles. The summed E-state index contributed by atoms with van der Waals surface area (Å²) in [6.07, 6.45) is 2.67. The van der Waals surface area contributed by atoms with Crippen molar-refractivity contribution >= 4 is 0 Å². The Kier molecular flexibility index (Phi) is 6.56. The number of benzene rings is 2. The molecule has 6 heteroatoms. The van der Waals surface area contributed by atoms with Crippen LogP contribution >= 0.6 is 0 Å². The van der Waals surface area contributed by atoms with Crippen molar-refractivity contribution in [2.24, 2.45) is 11.8 Å². The molecule has 4 rings (SSSR count). The van der Waals surface area contributed by atoms with Crippen LogP contribution in [0.15, 0.2) is 42.5 Å². The van der Waals surface area contributed by atoms with Crippen LogP contribution < -0.4 is 4.74 Å². The Morgan fingerprint density at radius 2 is 1.55 bits per heavy atom. The molecule has 0 aromatic heterocycles. The molecular weight excluding hydrogens is 408 g/mol. The van der Waals surface area contributed by atoms with Gasteiger partial charge in [-0.2, -0.15) is 0 Å². The van der Waals surface area contributed by atoms with E-state index >= 15 is 0 Å². The van der Waals surface area contributed by atoms with Crippen LogP contribution in [0.3, 0.4) is 0 Å². The van der Waals surface area contributed by atoms with Crippen LogP contribution in [0.4, 0.5) is 17.6 Å². The Morgan fingerprint density at radius 1 is 0.871 bits per heavy atom. The summed E-state index contributed by atoms with van der Waals surface area (Å²) in [7, 11) is 0. The zero-order valence-electron chi connectivity index (χ0n) is 17.6. The minimum absolute atomic E-state index is 0.426. The van der Waals surface area contributed by atoms with Gasteiger partial charge in [-0.1, -0.05) is 30.3 Å². The average molecular weight is 436 g/mol. The van der Waals surface area contributed by atoms with Crippen molar-refractivity contribution in [1.29, 1.82) is 0 Å². The number of fused-ring (bicyclic) bond motifs is 1. The summed E-state index contributed by atoms with van der Waals surface area (Å²) in [6, 6.07) is 11.5. The lowest BCUT2D eigenvalue weighted by atomic mass is 9.65. The number of hydrogen-bond donors (Lipinski definition) is 0. The van der Waals surface area contributed by atoms with Crippen LogP contribution in [0.1, 0.15) is 56.9 Å². The molecule has 4 unspecified atom stereocenters. The maximum absolute atomic E-state index is 14.0. The third-order valence-electron chi connectivity index (χ3n) is 6.84. The number of halogens is 4. The van der Waals surface area contributed by atoms with E-state index in [0.29, 0.717) is 17.6 Å². The first-order valence-corrected chi connectivity index (χ1v) is 11.1. The first kappa shape index (κ1) is 22.1. The highest BCUT2D eigenvalue weighted by Crippen LogP contribution is 2.46. The van der Waals surface area contributed by atoms with E-state index in [-0.39, 0.29) is 0 Å². The van der Waals surface area contributed by atoms with Crippen LogP contribution in [0.25, 0.3) is 11.1 Å². The van der Waals surface area contributed by atoms with Crippen LogP contribution in [0, 0.1) is 17.7 Å². The molecule has 0 radical (unpaired) electrons. The summed E-state index contributed by atoms with van der Waals surface area (Å²) in [5.74, 6) is 0.202. The van der Waals surface area contributed by atoms with Gasteiger partial charge in [-0.05, 0) is 92.0 Å². The monoisotopic (exact) mass is 436 g/mol. The largest absolute Gasteiger partial charge is 0.573 e. The molecule has 0 spiro atoms. The normalized spacial score (nSPS) is 26.4. The van der Waals surface area contributed by atoms with Gasteiger partial charge in [-0.15, -0.1) is 13.2 Å². The Hall–Kier alpha value is -2.08. The molecule has 0 bridgehead atoms. The van der Waals surface area contributed by atoms with Gasteiger partial charge < -0.3 is 9.47 Å². The van der Waals surface area contributed by atoms with Crippen LogP contribution in [0.5, 0.6) is 5.75 Å². The smallest absolute Gasteiger partial charge is 0.403 e. The molecule has 2 aliphatic rings. The summed E-state index contributed by atoms with van der Waals surface area (Å²) >= 11 is 0. The van der Waals surface area contributed by atoms with E-state index in [2.05, 4.69) is 23.8 Å². The van der Waals surface area contributed by atoms with Crippen molar-refractivity contribution in [2.45, 2.75) is 63.8 Å². The quantitative estimate of drug-likeness (QED) is 0.452. The van der Waals surface area contributed by atoms with E-state index in [1.54, 1.807) is 0 Å². The molecule has 4 atom stereocenters. The topological polar surface area (TPSA) is 18.5 Å². The van der Waals surface area contributed by atoms with Crippen molar-refractivity contribution in [3.8, 4) is 16.9 Å². The molecule has 0 saturated heterocycles. The van der Waals surface area contributed by atoms with Gasteiger partial charge in [0.2, 0.25) is 0 Å². The second-order valence-corrected chi connectivity index (χ2v) is 8.74. The number of alkyl halides is 3. The van der Waals surface area contributed by atoms with Gasteiger partial charge in [0.05, 0.1) is 6.10 Å². The van der Waals surface area contributed by atoms with Crippen molar-refractivity contribution in [1.82, 2.24) is 0 Å². The molecule has 168 valence electrons. The van der Waals surface area contributed by atoms with Gasteiger partial charge in [-0.3, -0.25) is 0 Å². The van der Waals surface area contributed by atoms with Gasteiger partial charge in [0.1, 0.15) is 0 Å². The highest BCUT2D eigenvalue weighted by molar-refractivity contribution is 5.64. The number of rotatable bonds is 5. The maximum atomic E-state index is 14.0. The molecule has 2 nitrogen and oxygen atoms in total. The lowest BCUT2D eigenvalue weighted by Crippen LogP contribution is -2.33. The minimum atomic E-state index is -4.91. The Bertz CT molecular complexity index is 878. The summed E-state index contributed by atoms with van der Waals surface area (Å²) in [5.41, 5.74) is 2.58. The Morgan fingerprint density at radius 3 is 2.23 bits per heavy atom. The summed E-state index contributed by atoms with van der Waals surface area (Å²) < 4.78 is 60.6. The molecular formula is C25H28F4O2. The summed E-state index contributed by atoms with van der Waals surface area (Å²) in [6.45, 7) is 2.85. The van der Waals surface area contributed by atoms with E-state index in [4.69, 9.17) is 4.74 Å². The van der Waals surface area contributed by atoms with Gasteiger partial charge in [-0.25, -0.2) is 4.39 Å². The average Bonchev–Trinajstić information content (AvgIpc) is 2.74. The number of hydrogen-bond acceptors (Lipinski definition) is 2. The van der Waals surface area contributed by atoms with Crippen LogP contribution in [0.2, 0.25) is 0 Å². The Balaban J connectivity index is 1.41. The third kappa shape index (κ3) is 5.40. The van der Waals surface area contributed by atoms with Gasteiger partial charge in [0.25, 0.3) is 0 Å². The predicted molar refractivity (Wildman–Crippen MR) is 111 cm³/mol. The SMILES string of the molecule is CCOC1CCC2CC(c3ccc(-c4ccc(OC(F)(F)F)c(F)c4)cc3)CCC2C1. The highest BCUT2D eigenvalue weighted by atomic mass is 19.4. The van der Waals surface area contributed by atoms with Gasteiger partial charge in [0, 0.05) is 6.61 Å². The van der Waals surface area contributed by atoms with E-state index in [0.717, 1.165) is 49.0 Å². The molecule has 31 heavy (non-hydrogen) atoms. The van der Waals surface area contributed by atoms with Crippen LogP contribution in [-0.2, 0) is 4.74 Å². The van der Waals surface area contributed by atoms with E-state index in [1.807, 2.05) is 12.1 Å². The van der Waals surface area contributed by atoms with Crippen LogP contribution in [-0.4, -0.2) is 19.1 Å². The van der Waals surface area contributed by atoms with Gasteiger partial charge >= 0.3 is 6.36 Å². The fourth-order valence-corrected chi connectivity index (χ4v) is 5.37. The first-order valence-electron chi connectivity index (χ1n) is 11.1. The third-order valence-corrected chi connectivity index (χ3v) is 6.84. The van der Waals surface area contributed by atoms with E-state index in [9.17, 15) is 17.6 Å². The summed E-state index contributed by atoms with van der Waals surface area (Å²) in [4.78, 5) is 0. The second kappa shape index (κ2) is 9.19. The highest BCUT2D eigenvalue weighted by Gasteiger charge is 2.36. The zero-order chi connectivity index (χ0) is 22.0. The summed E-state index contributed by atoms with van der Waals surface area (Å²) in [5, 5.41) is 0. The molecule has 0 N–H and O–H groups in total. The van der Waals surface area contributed by atoms with Crippen molar-refractivity contribution in [3.63, 3.8) is 0 Å². The molecule has 2 aromatic carbocycles. The molecule has 0 aliphatic heterocycles. The zero-order valence-corrected chi connectivity index (χ0v) is 17.6. The fraction of sp³-hybridized carbons (Fsp3) is 0.520. The lowest BCUT2D eigenvalue weighted by Gasteiger charge is -2.42. The van der Waals surface area contributed by atoms with Gasteiger partial charge in [0.15, 0.2) is 11.6 Å².